The molecule has 1 fully saturated rings. The van der Waals surface area contributed by atoms with Crippen LogP contribution in [0.4, 0.5) is 0 Å². The van der Waals surface area contributed by atoms with Crippen LogP contribution >= 0.6 is 0 Å². The summed E-state index contributed by atoms with van der Waals surface area (Å²) in [7, 11) is 0. The van der Waals surface area contributed by atoms with Crippen LogP contribution in [0.5, 0.6) is 0 Å². The molecule has 1 aliphatic carbocycles. The standard InChI is InChI=1S/C6H12.CH4/c1-5-3-6(2)4-5;/h5-6H,3-4H2,1-2H3;1H4. The molecule has 0 aromatic carbocycles. The van der Waals surface area contributed by atoms with Gasteiger partial charge < -0.3 is 0 Å². The molecule has 0 N–H and O–H groups in total. The Morgan fingerprint density at radius 3 is 1.29 bits per heavy atom. The molecule has 1 saturated carbocycles. The molecule has 0 radical (unpaired) electrons. The van der Waals surface area contributed by atoms with Crippen LogP contribution in [0.3, 0.4) is 0 Å². The predicted molar refractivity (Wildman–Crippen MR) is 34.3 cm³/mol. The van der Waals surface area contributed by atoms with Crippen molar-refractivity contribution in [3.63, 3.8) is 0 Å². The Bertz CT molecular complexity index is 36.0. The molecule has 0 spiro atoms. The van der Waals surface area contributed by atoms with Gasteiger partial charge in [-0.2, -0.15) is 0 Å². The van der Waals surface area contributed by atoms with E-state index in [9.17, 15) is 0 Å². The molecule has 1 rings (SSSR count). The molecule has 0 aliphatic heterocycles. The molecule has 44 valence electrons. The zero-order chi connectivity index (χ0) is 4.57. The van der Waals surface area contributed by atoms with Crippen molar-refractivity contribution < 1.29 is 0 Å². The maximum Gasteiger partial charge on any atom is -0.0438 e. The van der Waals surface area contributed by atoms with Gasteiger partial charge in [0.15, 0.2) is 0 Å². The Labute approximate surface area is 46.9 Å². The van der Waals surface area contributed by atoms with Crippen LogP contribution in [0.1, 0.15) is 34.1 Å². The molecule has 0 bridgehead atoms. The van der Waals surface area contributed by atoms with Crippen LogP contribution in [0.15, 0.2) is 0 Å². The highest BCUT2D eigenvalue weighted by Crippen LogP contribution is 2.31. The lowest BCUT2D eigenvalue weighted by atomic mass is 9.78. The first-order valence-electron chi connectivity index (χ1n) is 2.79. The fraction of sp³-hybridized carbons (Fsp3) is 1.00. The number of rotatable bonds is 0. The molecular formula is C7H16. The van der Waals surface area contributed by atoms with Crippen molar-refractivity contribution in [3.8, 4) is 0 Å². The highest BCUT2D eigenvalue weighted by Gasteiger charge is 2.19. The van der Waals surface area contributed by atoms with Crippen LogP contribution < -0.4 is 0 Å². The van der Waals surface area contributed by atoms with E-state index in [-0.39, 0.29) is 7.43 Å². The minimum atomic E-state index is 0. The van der Waals surface area contributed by atoms with Gasteiger partial charge >= 0.3 is 0 Å². The van der Waals surface area contributed by atoms with Gasteiger partial charge in [-0.1, -0.05) is 21.3 Å². The number of hydrogen-bond acceptors (Lipinski definition) is 0. The summed E-state index contributed by atoms with van der Waals surface area (Å²) in [6, 6.07) is 0. The summed E-state index contributed by atoms with van der Waals surface area (Å²) in [5.74, 6) is 2.08. The van der Waals surface area contributed by atoms with Gasteiger partial charge in [0.25, 0.3) is 0 Å². The van der Waals surface area contributed by atoms with Gasteiger partial charge in [-0.3, -0.25) is 0 Å². The summed E-state index contributed by atoms with van der Waals surface area (Å²) in [6.45, 7) is 4.64. The van der Waals surface area contributed by atoms with Crippen molar-refractivity contribution in [1.82, 2.24) is 0 Å². The lowest BCUT2D eigenvalue weighted by Gasteiger charge is -2.28. The molecule has 1 aliphatic rings. The zero-order valence-corrected chi connectivity index (χ0v) is 4.57. The third kappa shape index (κ3) is 1.50. The summed E-state index contributed by atoms with van der Waals surface area (Å²) in [4.78, 5) is 0. The molecule has 0 heteroatoms. The van der Waals surface area contributed by atoms with Crippen LogP contribution in [0, 0.1) is 11.8 Å². The second-order valence-corrected chi connectivity index (χ2v) is 2.68. The van der Waals surface area contributed by atoms with E-state index in [1.807, 2.05) is 0 Å². The van der Waals surface area contributed by atoms with Crippen molar-refractivity contribution in [3.05, 3.63) is 0 Å². The largest absolute Gasteiger partial charge is 0.0776 e. The Balaban J connectivity index is 0.000000360. The molecule has 0 heterocycles. The first-order chi connectivity index (χ1) is 2.79. The average molecular weight is 100 g/mol. The smallest absolute Gasteiger partial charge is 0.0438 e. The number of hydrogen-bond donors (Lipinski definition) is 0. The minimum absolute atomic E-state index is 0. The van der Waals surface area contributed by atoms with E-state index in [4.69, 9.17) is 0 Å². The molecular weight excluding hydrogens is 84.1 g/mol. The van der Waals surface area contributed by atoms with E-state index in [0.29, 0.717) is 0 Å². The van der Waals surface area contributed by atoms with E-state index in [2.05, 4.69) is 13.8 Å². The summed E-state index contributed by atoms with van der Waals surface area (Å²) in [5, 5.41) is 0. The van der Waals surface area contributed by atoms with E-state index < -0.39 is 0 Å². The summed E-state index contributed by atoms with van der Waals surface area (Å²) in [6.07, 6.45) is 2.94. The summed E-state index contributed by atoms with van der Waals surface area (Å²) in [5.41, 5.74) is 0. The monoisotopic (exact) mass is 100 g/mol. The predicted octanol–water partition coefficient (Wildman–Crippen LogP) is 2.69. The zero-order valence-electron chi connectivity index (χ0n) is 4.57. The van der Waals surface area contributed by atoms with E-state index >= 15 is 0 Å². The second kappa shape index (κ2) is 2.34. The van der Waals surface area contributed by atoms with E-state index in [1.54, 1.807) is 0 Å². The fourth-order valence-electron chi connectivity index (χ4n) is 1.30. The Morgan fingerprint density at radius 1 is 1.00 bits per heavy atom. The molecule has 0 saturated heterocycles. The topological polar surface area (TPSA) is 0 Å². The van der Waals surface area contributed by atoms with Crippen LogP contribution in [-0.2, 0) is 0 Å². The van der Waals surface area contributed by atoms with Gasteiger partial charge in [0.2, 0.25) is 0 Å². The van der Waals surface area contributed by atoms with Gasteiger partial charge in [0, 0.05) is 0 Å². The van der Waals surface area contributed by atoms with Crippen molar-refractivity contribution in [2.45, 2.75) is 34.1 Å². The fourth-order valence-corrected chi connectivity index (χ4v) is 1.30. The normalized spacial score (nSPS) is 38.6. The Kier molecular flexibility index (Phi) is 2.34. The van der Waals surface area contributed by atoms with Gasteiger partial charge in [0.1, 0.15) is 0 Å². The van der Waals surface area contributed by atoms with Crippen LogP contribution in [0.2, 0.25) is 0 Å². The first kappa shape index (κ1) is 7.00. The van der Waals surface area contributed by atoms with Gasteiger partial charge in [0.05, 0.1) is 0 Å². The quantitative estimate of drug-likeness (QED) is 0.439. The summed E-state index contributed by atoms with van der Waals surface area (Å²) < 4.78 is 0. The molecule has 0 nitrogen and oxygen atoms in total. The highest BCUT2D eigenvalue weighted by atomic mass is 14.2. The third-order valence-electron chi connectivity index (χ3n) is 1.61. The second-order valence-electron chi connectivity index (χ2n) is 2.68. The summed E-state index contributed by atoms with van der Waals surface area (Å²) >= 11 is 0. The maximum atomic E-state index is 2.32. The minimum Gasteiger partial charge on any atom is -0.0776 e. The van der Waals surface area contributed by atoms with Gasteiger partial charge in [-0.15, -0.1) is 0 Å². The molecule has 0 unspecified atom stereocenters. The van der Waals surface area contributed by atoms with E-state index in [0.717, 1.165) is 11.8 Å². The molecule has 0 aromatic rings. The van der Waals surface area contributed by atoms with E-state index in [1.165, 1.54) is 12.8 Å². The van der Waals surface area contributed by atoms with Crippen LogP contribution in [-0.4, -0.2) is 0 Å². The van der Waals surface area contributed by atoms with Crippen molar-refractivity contribution >= 4 is 0 Å². The lowest BCUT2D eigenvalue weighted by molar-refractivity contribution is 0.233. The third-order valence-corrected chi connectivity index (χ3v) is 1.61. The van der Waals surface area contributed by atoms with Crippen LogP contribution in [0.25, 0.3) is 0 Å². The maximum absolute atomic E-state index is 2.32. The van der Waals surface area contributed by atoms with Gasteiger partial charge in [-0.25, -0.2) is 0 Å². The molecule has 0 atom stereocenters. The first-order valence-corrected chi connectivity index (χ1v) is 2.79. The van der Waals surface area contributed by atoms with Gasteiger partial charge in [-0.05, 0) is 24.7 Å². The molecule has 0 amide bonds. The Morgan fingerprint density at radius 2 is 1.29 bits per heavy atom. The van der Waals surface area contributed by atoms with Crippen molar-refractivity contribution in [2.75, 3.05) is 0 Å². The highest BCUT2D eigenvalue weighted by molar-refractivity contribution is 4.71. The lowest BCUT2D eigenvalue weighted by Crippen LogP contribution is -2.16. The SMILES string of the molecule is C.CC1CC(C)C1. The molecule has 0 aromatic heterocycles. The Hall–Kier alpha value is 0. The average Bonchev–Trinajstić information content (AvgIpc) is 1.33. The van der Waals surface area contributed by atoms with Crippen molar-refractivity contribution in [2.24, 2.45) is 11.8 Å². The van der Waals surface area contributed by atoms with Crippen molar-refractivity contribution in [1.29, 1.82) is 0 Å². The molecule has 7 heavy (non-hydrogen) atoms.